The number of aromatic amines is 2. The number of hydrogen-bond donors (Lipinski definition) is 2. The number of H-pyrrole nitrogens is 2. The molecule has 0 unspecified atom stereocenters. The number of benzene rings is 1. The van der Waals surface area contributed by atoms with Gasteiger partial charge in [-0.15, -0.1) is 11.3 Å². The molecule has 0 aliphatic rings. The lowest BCUT2D eigenvalue weighted by molar-refractivity contribution is 0.835. The number of nitrogens with zero attached hydrogens (tertiary/aromatic N) is 1. The van der Waals surface area contributed by atoms with E-state index in [-0.39, 0.29) is 0 Å². The van der Waals surface area contributed by atoms with Crippen molar-refractivity contribution in [1.29, 1.82) is 0 Å². The Morgan fingerprint density at radius 1 is 1.11 bits per heavy atom. The van der Waals surface area contributed by atoms with Crippen molar-refractivity contribution in [3.63, 3.8) is 0 Å². The first-order chi connectivity index (χ1) is 9.22. The molecule has 2 aromatic heterocycles. The molecule has 0 radical (unpaired) electrons. The fourth-order valence-corrected chi connectivity index (χ4v) is 2.83. The zero-order valence-electron chi connectivity index (χ0n) is 9.97. The summed E-state index contributed by atoms with van der Waals surface area (Å²) >= 11 is 1.65. The minimum atomic E-state index is -0.622. The highest BCUT2D eigenvalue weighted by atomic mass is 32.1. The summed E-state index contributed by atoms with van der Waals surface area (Å²) in [5, 5.41) is 6.06. The highest BCUT2D eigenvalue weighted by Crippen LogP contribution is 2.22. The maximum absolute atomic E-state index is 11.2. The Morgan fingerprint density at radius 3 is 2.74 bits per heavy atom. The third-order valence-corrected chi connectivity index (χ3v) is 3.91. The van der Waals surface area contributed by atoms with Crippen molar-refractivity contribution >= 4 is 21.6 Å². The molecule has 0 fully saturated rings. The van der Waals surface area contributed by atoms with Gasteiger partial charge in [0.15, 0.2) is 0 Å². The van der Waals surface area contributed by atoms with Crippen LogP contribution in [-0.4, -0.2) is 15.2 Å². The summed E-state index contributed by atoms with van der Waals surface area (Å²) in [5.41, 5.74) is 0.572. The van der Waals surface area contributed by atoms with Crippen molar-refractivity contribution < 1.29 is 0 Å². The predicted octanol–water partition coefficient (Wildman–Crippen LogP) is 1.46. The number of rotatable bonds is 3. The van der Waals surface area contributed by atoms with Crippen LogP contribution in [0, 0.1) is 0 Å². The van der Waals surface area contributed by atoms with Crippen molar-refractivity contribution in [3.8, 4) is 0 Å². The summed E-state index contributed by atoms with van der Waals surface area (Å²) in [4.78, 5) is 26.7. The van der Waals surface area contributed by atoms with E-state index < -0.39 is 11.0 Å². The van der Waals surface area contributed by atoms with Gasteiger partial charge in [0.1, 0.15) is 0 Å². The van der Waals surface area contributed by atoms with Crippen LogP contribution >= 0.6 is 11.3 Å². The fourth-order valence-electron chi connectivity index (χ4n) is 1.86. The highest BCUT2D eigenvalue weighted by Gasteiger charge is 2.04. The number of aromatic nitrogens is 3. The lowest BCUT2D eigenvalue weighted by Crippen LogP contribution is -2.27. The Labute approximate surface area is 111 Å². The molecule has 2 N–H and O–H groups in total. The van der Waals surface area contributed by atoms with Crippen LogP contribution in [0.1, 0.15) is 10.7 Å². The van der Waals surface area contributed by atoms with E-state index in [2.05, 4.69) is 15.2 Å². The van der Waals surface area contributed by atoms with E-state index in [4.69, 9.17) is 0 Å². The van der Waals surface area contributed by atoms with Crippen molar-refractivity contribution in [2.45, 2.75) is 12.8 Å². The van der Waals surface area contributed by atoms with Crippen LogP contribution in [-0.2, 0) is 12.8 Å². The molecule has 2 heterocycles. The second kappa shape index (κ2) is 4.81. The topological polar surface area (TPSA) is 78.6 Å². The van der Waals surface area contributed by atoms with E-state index >= 15 is 0 Å². The van der Waals surface area contributed by atoms with E-state index in [1.54, 1.807) is 11.3 Å². The lowest BCUT2D eigenvalue weighted by Gasteiger charge is -1.97. The minimum absolute atomic E-state index is 0.516. The second-order valence-electron chi connectivity index (χ2n) is 4.19. The number of aryl methyl sites for hydroxylation is 2. The van der Waals surface area contributed by atoms with Gasteiger partial charge in [-0.1, -0.05) is 12.1 Å². The van der Waals surface area contributed by atoms with E-state index in [1.807, 2.05) is 24.3 Å². The Morgan fingerprint density at radius 2 is 1.95 bits per heavy atom. The first kappa shape index (κ1) is 11.9. The van der Waals surface area contributed by atoms with Gasteiger partial charge in [-0.25, -0.2) is 4.98 Å². The normalized spacial score (nSPS) is 10.9. The van der Waals surface area contributed by atoms with Gasteiger partial charge in [0, 0.05) is 18.2 Å². The van der Waals surface area contributed by atoms with Gasteiger partial charge in [0.2, 0.25) is 5.43 Å². The monoisotopic (exact) mass is 273 g/mol. The van der Waals surface area contributed by atoms with Crippen LogP contribution in [0.15, 0.2) is 39.9 Å². The lowest BCUT2D eigenvalue weighted by atomic mass is 10.2. The molecule has 3 aromatic rings. The minimum Gasteiger partial charge on any atom is -0.302 e. The van der Waals surface area contributed by atoms with Crippen LogP contribution in [0.5, 0.6) is 0 Å². The first-order valence-electron chi connectivity index (χ1n) is 5.88. The Kier molecular flexibility index (Phi) is 3.00. The molecule has 5 nitrogen and oxygen atoms in total. The molecular weight excluding hydrogens is 262 g/mol. The van der Waals surface area contributed by atoms with Crippen molar-refractivity contribution in [2.24, 2.45) is 0 Å². The van der Waals surface area contributed by atoms with Gasteiger partial charge in [-0.3, -0.25) is 14.7 Å². The first-order valence-corrected chi connectivity index (χ1v) is 6.69. The summed E-state index contributed by atoms with van der Waals surface area (Å²) in [6, 6.07) is 9.32. The smallest absolute Gasteiger partial charge is 0.302 e. The van der Waals surface area contributed by atoms with Crippen molar-refractivity contribution in [1.82, 2.24) is 15.2 Å². The molecule has 19 heavy (non-hydrogen) atoms. The summed E-state index contributed by atoms with van der Waals surface area (Å²) in [6.45, 7) is 0. The zero-order chi connectivity index (χ0) is 13.2. The molecule has 0 bridgehead atoms. The largest absolute Gasteiger partial charge is 0.310 e. The molecule has 96 valence electrons. The van der Waals surface area contributed by atoms with Gasteiger partial charge in [-0.2, -0.15) is 0 Å². The number of hydrogen-bond acceptors (Lipinski definition) is 4. The molecule has 0 atom stereocenters. The fraction of sp³-hybridized carbons (Fsp3) is 0.154. The molecule has 0 aliphatic heterocycles. The maximum atomic E-state index is 11.2. The molecule has 0 saturated carbocycles. The Balaban J connectivity index is 1.80. The average molecular weight is 273 g/mol. The Bertz CT molecular complexity index is 798. The Hall–Kier alpha value is -2.21. The van der Waals surface area contributed by atoms with Crippen LogP contribution in [0.25, 0.3) is 10.2 Å². The van der Waals surface area contributed by atoms with Crippen molar-refractivity contribution in [2.75, 3.05) is 0 Å². The summed E-state index contributed by atoms with van der Waals surface area (Å²) in [7, 11) is 0. The van der Waals surface area contributed by atoms with Gasteiger partial charge >= 0.3 is 5.56 Å². The average Bonchev–Trinajstić information content (AvgIpc) is 2.83. The summed E-state index contributed by atoms with van der Waals surface area (Å²) in [5.74, 6) is 0. The quantitative estimate of drug-likeness (QED) is 0.709. The zero-order valence-corrected chi connectivity index (χ0v) is 10.8. The van der Waals surface area contributed by atoms with E-state index in [1.165, 1.54) is 6.07 Å². The number of para-hydroxylation sites is 1. The van der Waals surface area contributed by atoms with Crippen LogP contribution < -0.4 is 11.0 Å². The van der Waals surface area contributed by atoms with Gasteiger partial charge in [0.05, 0.1) is 15.2 Å². The molecule has 0 spiro atoms. The second-order valence-corrected chi connectivity index (χ2v) is 5.30. The molecule has 0 aliphatic carbocycles. The van der Waals surface area contributed by atoms with Gasteiger partial charge in [-0.05, 0) is 18.6 Å². The SMILES string of the molecule is O=c1cc(CCc2nc3ccccc3s2)[nH][nH]c1=O. The molecule has 6 heteroatoms. The van der Waals surface area contributed by atoms with Crippen LogP contribution in [0.4, 0.5) is 0 Å². The van der Waals surface area contributed by atoms with Gasteiger partial charge in [0.25, 0.3) is 0 Å². The standard InChI is InChI=1S/C13H11N3O2S/c17-10-7-8(15-16-13(10)18)5-6-12-14-9-3-1-2-4-11(9)19-12/h1-4,7H,5-6H2,(H,15,17)(H,16,18). The summed E-state index contributed by atoms with van der Waals surface area (Å²) in [6.07, 6.45) is 1.38. The highest BCUT2D eigenvalue weighted by molar-refractivity contribution is 7.18. The maximum Gasteiger partial charge on any atom is 0.310 e. The van der Waals surface area contributed by atoms with Crippen molar-refractivity contribution in [3.05, 3.63) is 61.6 Å². The number of fused-ring (bicyclic) bond motifs is 1. The number of nitrogens with one attached hydrogen (secondary N) is 2. The van der Waals surface area contributed by atoms with Crippen LogP contribution in [0.2, 0.25) is 0 Å². The van der Waals surface area contributed by atoms with E-state index in [9.17, 15) is 9.59 Å². The molecule has 0 saturated heterocycles. The number of thiazole rings is 1. The molecule has 3 rings (SSSR count). The summed E-state index contributed by atoms with van der Waals surface area (Å²) < 4.78 is 1.16. The predicted molar refractivity (Wildman–Crippen MR) is 74.7 cm³/mol. The van der Waals surface area contributed by atoms with E-state index in [0.29, 0.717) is 12.1 Å². The third kappa shape index (κ3) is 2.48. The third-order valence-electron chi connectivity index (χ3n) is 2.81. The van der Waals surface area contributed by atoms with Gasteiger partial charge < -0.3 is 5.10 Å². The molecule has 0 amide bonds. The molecule has 1 aromatic carbocycles. The van der Waals surface area contributed by atoms with Crippen LogP contribution in [0.3, 0.4) is 0 Å². The van der Waals surface area contributed by atoms with E-state index in [0.717, 1.165) is 21.6 Å². The molecular formula is C13H11N3O2S.